The van der Waals surface area contributed by atoms with Crippen LogP contribution in [-0.4, -0.2) is 30.4 Å². The lowest BCUT2D eigenvalue weighted by Crippen LogP contribution is -2.39. The number of nitrogens with zero attached hydrogens (tertiary/aromatic N) is 1. The Morgan fingerprint density at radius 1 is 1.19 bits per heavy atom. The van der Waals surface area contributed by atoms with Crippen molar-refractivity contribution in [2.75, 3.05) is 24.8 Å². The lowest BCUT2D eigenvalue weighted by Gasteiger charge is -2.39. The Morgan fingerprint density at radius 3 is 2.50 bits per heavy atom. The van der Waals surface area contributed by atoms with Crippen LogP contribution in [0.1, 0.15) is 24.9 Å². The maximum absolute atomic E-state index is 13.6. The van der Waals surface area contributed by atoms with Gasteiger partial charge in [0.2, 0.25) is 0 Å². The van der Waals surface area contributed by atoms with E-state index in [9.17, 15) is 9.36 Å². The SMILES string of the molecule is CCOC(=O)C(c1ccccc1)N1CCCOP1(=O)Nc1ccccc1. The van der Waals surface area contributed by atoms with Crippen molar-refractivity contribution < 1.29 is 18.6 Å². The molecule has 1 aliphatic heterocycles. The highest BCUT2D eigenvalue weighted by atomic mass is 31.2. The molecule has 1 saturated heterocycles. The number of nitrogens with one attached hydrogen (secondary N) is 1. The molecule has 0 aliphatic carbocycles. The molecule has 26 heavy (non-hydrogen) atoms. The van der Waals surface area contributed by atoms with E-state index in [0.29, 0.717) is 25.3 Å². The van der Waals surface area contributed by atoms with Crippen LogP contribution in [0.3, 0.4) is 0 Å². The van der Waals surface area contributed by atoms with E-state index in [1.165, 1.54) is 0 Å². The maximum Gasteiger partial charge on any atom is 0.369 e. The van der Waals surface area contributed by atoms with Crippen molar-refractivity contribution in [2.24, 2.45) is 0 Å². The third-order valence-corrected chi connectivity index (χ3v) is 6.28. The lowest BCUT2D eigenvalue weighted by atomic mass is 10.1. The van der Waals surface area contributed by atoms with Gasteiger partial charge in [-0.2, -0.15) is 4.67 Å². The van der Waals surface area contributed by atoms with Gasteiger partial charge in [-0.3, -0.25) is 0 Å². The molecule has 1 heterocycles. The van der Waals surface area contributed by atoms with E-state index in [1.807, 2.05) is 60.7 Å². The van der Waals surface area contributed by atoms with Crippen LogP contribution in [0.2, 0.25) is 0 Å². The van der Waals surface area contributed by atoms with Crippen LogP contribution in [0, 0.1) is 0 Å². The molecule has 0 spiro atoms. The van der Waals surface area contributed by atoms with Gasteiger partial charge in [-0.15, -0.1) is 0 Å². The summed E-state index contributed by atoms with van der Waals surface area (Å²) in [7, 11) is -3.46. The summed E-state index contributed by atoms with van der Waals surface area (Å²) in [5.41, 5.74) is 1.41. The van der Waals surface area contributed by atoms with Gasteiger partial charge in [0.25, 0.3) is 0 Å². The Kier molecular flexibility index (Phi) is 6.09. The molecule has 1 N–H and O–H groups in total. The number of benzene rings is 2. The van der Waals surface area contributed by atoms with Crippen LogP contribution in [0.5, 0.6) is 0 Å². The minimum absolute atomic E-state index is 0.257. The molecule has 0 bridgehead atoms. The Hall–Kier alpha value is -2.14. The summed E-state index contributed by atoms with van der Waals surface area (Å²) in [6, 6.07) is 17.7. The predicted molar refractivity (Wildman–Crippen MR) is 101 cm³/mol. The van der Waals surface area contributed by atoms with Crippen molar-refractivity contribution in [3.63, 3.8) is 0 Å². The second-order valence-corrected chi connectivity index (χ2v) is 7.95. The zero-order valence-corrected chi connectivity index (χ0v) is 15.6. The van der Waals surface area contributed by atoms with Crippen LogP contribution < -0.4 is 5.09 Å². The van der Waals surface area contributed by atoms with E-state index in [1.54, 1.807) is 11.6 Å². The van der Waals surface area contributed by atoms with Crippen LogP contribution in [0.25, 0.3) is 0 Å². The normalized spacial score (nSPS) is 21.7. The number of rotatable bonds is 6. The summed E-state index contributed by atoms with van der Waals surface area (Å²) in [5.74, 6) is -0.431. The molecule has 0 radical (unpaired) electrons. The molecule has 2 atom stereocenters. The van der Waals surface area contributed by atoms with Crippen molar-refractivity contribution in [2.45, 2.75) is 19.4 Å². The third kappa shape index (κ3) is 4.15. The van der Waals surface area contributed by atoms with Crippen molar-refractivity contribution in [3.8, 4) is 0 Å². The van der Waals surface area contributed by atoms with Crippen molar-refractivity contribution in [1.29, 1.82) is 0 Å². The van der Waals surface area contributed by atoms with Gasteiger partial charge in [-0.1, -0.05) is 48.5 Å². The fourth-order valence-corrected chi connectivity index (χ4v) is 5.09. The fourth-order valence-electron chi connectivity index (χ4n) is 2.96. The first-order chi connectivity index (χ1) is 12.6. The molecule has 2 aromatic rings. The predicted octanol–water partition coefficient (Wildman–Crippen LogP) is 4.23. The van der Waals surface area contributed by atoms with E-state index in [0.717, 1.165) is 5.56 Å². The number of carbonyl (C=O) groups excluding carboxylic acids is 1. The number of hydrogen-bond acceptors (Lipinski definition) is 4. The number of ether oxygens (including phenoxy) is 1. The summed E-state index contributed by atoms with van der Waals surface area (Å²) in [6.45, 7) is 2.86. The summed E-state index contributed by atoms with van der Waals surface area (Å²) >= 11 is 0. The number of carbonyl (C=O) groups is 1. The molecule has 138 valence electrons. The highest BCUT2D eigenvalue weighted by Gasteiger charge is 2.44. The van der Waals surface area contributed by atoms with Gasteiger partial charge < -0.3 is 14.3 Å². The number of anilines is 1. The summed E-state index contributed by atoms with van der Waals surface area (Å²) in [5, 5.41) is 3.01. The zero-order chi connectivity index (χ0) is 18.4. The van der Waals surface area contributed by atoms with Gasteiger partial charge in [0.1, 0.15) is 6.04 Å². The van der Waals surface area contributed by atoms with Crippen LogP contribution in [0.15, 0.2) is 60.7 Å². The zero-order valence-electron chi connectivity index (χ0n) is 14.7. The van der Waals surface area contributed by atoms with Crippen molar-refractivity contribution >= 4 is 19.3 Å². The smallest absolute Gasteiger partial charge is 0.369 e. The molecular formula is C19H23N2O4P. The van der Waals surface area contributed by atoms with E-state index in [4.69, 9.17) is 9.26 Å². The van der Waals surface area contributed by atoms with Gasteiger partial charge in [0.15, 0.2) is 0 Å². The first-order valence-electron chi connectivity index (χ1n) is 8.70. The van der Waals surface area contributed by atoms with Crippen LogP contribution in [-0.2, 0) is 18.6 Å². The van der Waals surface area contributed by atoms with E-state index in [2.05, 4.69) is 5.09 Å². The number of hydrogen-bond donors (Lipinski definition) is 1. The number of esters is 1. The first-order valence-corrected chi connectivity index (χ1v) is 10.3. The molecule has 7 heteroatoms. The van der Waals surface area contributed by atoms with Crippen molar-refractivity contribution in [1.82, 2.24) is 4.67 Å². The minimum atomic E-state index is -3.46. The molecule has 6 nitrogen and oxygen atoms in total. The van der Waals surface area contributed by atoms with Crippen molar-refractivity contribution in [3.05, 3.63) is 66.2 Å². The second kappa shape index (κ2) is 8.49. The molecule has 2 aromatic carbocycles. The Balaban J connectivity index is 1.96. The first kappa shape index (κ1) is 18.6. The standard InChI is InChI=1S/C19H23N2O4P/c1-2-24-19(22)18(16-10-5-3-6-11-16)21-14-9-15-25-26(21,23)20-17-12-7-4-8-13-17/h3-8,10-13,18H,2,9,14-15H2,1H3,(H,20,23). The minimum Gasteiger partial charge on any atom is -0.465 e. The van der Waals surface area contributed by atoms with E-state index >= 15 is 0 Å². The third-order valence-electron chi connectivity index (χ3n) is 4.10. The summed E-state index contributed by atoms with van der Waals surface area (Å²) in [4.78, 5) is 12.7. The summed E-state index contributed by atoms with van der Waals surface area (Å²) in [6.07, 6.45) is 0.684. The van der Waals surface area contributed by atoms with Gasteiger partial charge in [-0.05, 0) is 31.0 Å². The van der Waals surface area contributed by atoms with Gasteiger partial charge in [-0.25, -0.2) is 9.36 Å². The van der Waals surface area contributed by atoms with Crippen LogP contribution in [0.4, 0.5) is 5.69 Å². The topological polar surface area (TPSA) is 67.9 Å². The molecule has 3 rings (SSSR count). The molecule has 0 amide bonds. The summed E-state index contributed by atoms with van der Waals surface area (Å²) < 4.78 is 26.2. The Morgan fingerprint density at radius 2 is 1.85 bits per heavy atom. The van der Waals surface area contributed by atoms with Gasteiger partial charge in [0, 0.05) is 12.2 Å². The molecule has 0 saturated carbocycles. The average molecular weight is 374 g/mol. The molecule has 1 aliphatic rings. The van der Waals surface area contributed by atoms with E-state index in [-0.39, 0.29) is 6.61 Å². The Labute approximate surface area is 153 Å². The molecule has 1 fully saturated rings. The molecular weight excluding hydrogens is 351 g/mol. The Bertz CT molecular complexity index is 770. The fraction of sp³-hybridized carbons (Fsp3) is 0.316. The lowest BCUT2D eigenvalue weighted by molar-refractivity contribution is -0.148. The van der Waals surface area contributed by atoms with Gasteiger partial charge >= 0.3 is 13.6 Å². The van der Waals surface area contributed by atoms with E-state index < -0.39 is 19.7 Å². The second-order valence-electron chi connectivity index (χ2n) is 5.91. The largest absolute Gasteiger partial charge is 0.465 e. The quantitative estimate of drug-likeness (QED) is 0.603. The molecule has 0 aromatic heterocycles. The number of para-hydroxylation sites is 1. The maximum atomic E-state index is 13.6. The highest BCUT2D eigenvalue weighted by Crippen LogP contribution is 2.56. The van der Waals surface area contributed by atoms with Gasteiger partial charge in [0.05, 0.1) is 13.2 Å². The van der Waals surface area contributed by atoms with Crippen LogP contribution >= 0.6 is 7.67 Å². The molecule has 2 unspecified atom stereocenters. The average Bonchev–Trinajstić information content (AvgIpc) is 2.65. The monoisotopic (exact) mass is 374 g/mol. The highest BCUT2D eigenvalue weighted by molar-refractivity contribution is 7.58.